The van der Waals surface area contributed by atoms with Crippen LogP contribution in [0.2, 0.25) is 18.1 Å². The van der Waals surface area contributed by atoms with Crippen molar-refractivity contribution in [2.45, 2.75) is 72.1 Å². The molecule has 0 aliphatic carbocycles. The number of nitrogens with zero attached hydrogens (tertiary/aromatic N) is 4. The maximum Gasteiger partial charge on any atom is 0.338 e. The lowest BCUT2D eigenvalue weighted by molar-refractivity contribution is 0.0525. The molecule has 0 spiro atoms. The molecule has 3 rings (SSSR count). The molecule has 0 amide bonds. The van der Waals surface area contributed by atoms with Crippen molar-refractivity contribution in [3.8, 4) is 0 Å². The van der Waals surface area contributed by atoms with Crippen molar-refractivity contribution >= 4 is 14.3 Å². The minimum absolute atomic E-state index is 0.0694. The van der Waals surface area contributed by atoms with E-state index in [0.29, 0.717) is 49.8 Å². The molecule has 1 N–H and O–H groups in total. The molecule has 1 aromatic carbocycles. The number of carbonyl (C=O) groups excluding carboxylic acids is 1. The van der Waals surface area contributed by atoms with Gasteiger partial charge in [0.25, 0.3) is 0 Å². The van der Waals surface area contributed by atoms with Gasteiger partial charge in [0.2, 0.25) is 0 Å². The monoisotopic (exact) mass is 513 g/mol. The molecule has 194 valence electrons. The number of nitrogens with one attached hydrogen (secondary N) is 1. The Morgan fingerprint density at radius 2 is 1.81 bits per heavy atom. The smallest absolute Gasteiger partial charge is 0.338 e. The van der Waals surface area contributed by atoms with Gasteiger partial charge in [-0.05, 0) is 54.9 Å². The Labute approximate surface area is 213 Å². The molecule has 0 saturated carbocycles. The lowest BCUT2D eigenvalue weighted by Gasteiger charge is -2.36. The van der Waals surface area contributed by atoms with Gasteiger partial charge in [-0.2, -0.15) is 0 Å². The van der Waals surface area contributed by atoms with Gasteiger partial charge >= 0.3 is 5.97 Å². The summed E-state index contributed by atoms with van der Waals surface area (Å²) in [6.45, 7) is 14.8. The van der Waals surface area contributed by atoms with Crippen molar-refractivity contribution in [1.29, 1.82) is 0 Å². The van der Waals surface area contributed by atoms with Gasteiger partial charge in [-0.25, -0.2) is 9.18 Å². The summed E-state index contributed by atoms with van der Waals surface area (Å²) in [4.78, 5) is 17.2. The summed E-state index contributed by atoms with van der Waals surface area (Å²) in [5.41, 5.74) is 2.81. The molecule has 0 aliphatic heterocycles. The van der Waals surface area contributed by atoms with E-state index in [-0.39, 0.29) is 16.8 Å². The molecule has 0 saturated heterocycles. The predicted molar refractivity (Wildman–Crippen MR) is 138 cm³/mol. The Kier molecular flexibility index (Phi) is 9.10. The Balaban J connectivity index is 1.69. The highest BCUT2D eigenvalue weighted by molar-refractivity contribution is 6.74. The normalized spacial score (nSPS) is 12.1. The highest BCUT2D eigenvalue weighted by atomic mass is 28.4. The van der Waals surface area contributed by atoms with Crippen molar-refractivity contribution in [3.63, 3.8) is 0 Å². The topological polar surface area (TPSA) is 91.2 Å². The minimum atomic E-state index is -1.98. The number of ether oxygens (including phenoxy) is 1. The van der Waals surface area contributed by atoms with Crippen LogP contribution in [-0.2, 0) is 35.4 Å². The Morgan fingerprint density at radius 1 is 1.11 bits per heavy atom. The molecule has 2 heterocycles. The summed E-state index contributed by atoms with van der Waals surface area (Å²) in [5.74, 6) is 0.0900. The third-order valence-electron chi connectivity index (χ3n) is 6.38. The average molecular weight is 514 g/mol. The average Bonchev–Trinajstić information content (AvgIpc) is 3.25. The summed E-state index contributed by atoms with van der Waals surface area (Å²) < 4.78 is 26.7. The first-order valence-electron chi connectivity index (χ1n) is 12.1. The molecular formula is C26H36FN5O3Si. The van der Waals surface area contributed by atoms with E-state index < -0.39 is 8.32 Å². The second kappa shape index (κ2) is 11.9. The highest BCUT2D eigenvalue weighted by Gasteiger charge is 2.37. The van der Waals surface area contributed by atoms with Gasteiger partial charge in [-0.1, -0.05) is 32.9 Å². The van der Waals surface area contributed by atoms with Crippen LogP contribution in [-0.4, -0.2) is 40.6 Å². The van der Waals surface area contributed by atoms with Gasteiger partial charge < -0.3 is 19.0 Å². The second-order valence-corrected chi connectivity index (χ2v) is 15.0. The van der Waals surface area contributed by atoms with Crippen molar-refractivity contribution in [3.05, 3.63) is 76.9 Å². The maximum atomic E-state index is 13.2. The largest absolute Gasteiger partial charge is 0.462 e. The zero-order chi connectivity index (χ0) is 26.3. The lowest BCUT2D eigenvalue weighted by Crippen LogP contribution is -2.40. The molecule has 0 fully saturated rings. The van der Waals surface area contributed by atoms with Gasteiger partial charge in [0.15, 0.2) is 8.32 Å². The fraction of sp³-hybridized carbons (Fsp3) is 0.462. The summed E-state index contributed by atoms with van der Waals surface area (Å²) >= 11 is 0. The van der Waals surface area contributed by atoms with Gasteiger partial charge in [-0.3, -0.25) is 4.98 Å². The van der Waals surface area contributed by atoms with Gasteiger partial charge in [0.05, 0.1) is 43.3 Å². The molecule has 3 aromatic rings. The molecule has 0 radical (unpaired) electrons. The van der Waals surface area contributed by atoms with E-state index in [1.807, 2.05) is 4.57 Å². The Bertz CT molecular complexity index is 1160. The van der Waals surface area contributed by atoms with Crippen LogP contribution in [0.5, 0.6) is 0 Å². The minimum Gasteiger partial charge on any atom is -0.462 e. The van der Waals surface area contributed by atoms with E-state index in [2.05, 4.69) is 49.4 Å². The summed E-state index contributed by atoms with van der Waals surface area (Å²) in [6, 6.07) is 9.84. The van der Waals surface area contributed by atoms with Gasteiger partial charge in [0, 0.05) is 6.54 Å². The molecule has 0 aliphatic rings. The summed E-state index contributed by atoms with van der Waals surface area (Å²) in [6.07, 6.45) is 1.65. The first-order chi connectivity index (χ1) is 17.0. The maximum absolute atomic E-state index is 13.2. The van der Waals surface area contributed by atoms with Crippen LogP contribution in [0.1, 0.15) is 60.8 Å². The number of hydrogen-bond donors (Lipinski definition) is 1. The van der Waals surface area contributed by atoms with Crippen LogP contribution in [0.25, 0.3) is 0 Å². The lowest BCUT2D eigenvalue weighted by atomic mass is 10.2. The molecular weight excluding hydrogens is 477 g/mol. The molecule has 0 atom stereocenters. The number of halogens is 1. The molecule has 36 heavy (non-hydrogen) atoms. The van der Waals surface area contributed by atoms with Crippen molar-refractivity contribution in [1.82, 2.24) is 25.1 Å². The van der Waals surface area contributed by atoms with Gasteiger partial charge in [-0.15, -0.1) is 10.2 Å². The summed E-state index contributed by atoms with van der Waals surface area (Å²) in [7, 11) is -1.98. The van der Waals surface area contributed by atoms with E-state index in [9.17, 15) is 9.18 Å². The number of hydrogen-bond acceptors (Lipinski definition) is 7. The Morgan fingerprint density at radius 3 is 2.47 bits per heavy atom. The SMILES string of the molecule is CCOC(=O)c1cc(CNCc2nncn2Cc2ccc(F)cc2)nc(CO[Si](C)(C)C(C)(C)C)c1. The molecule has 0 unspecified atom stereocenters. The molecule has 10 heteroatoms. The number of aromatic nitrogens is 4. The standard InChI is InChI=1S/C26H36FN5O3Si/c1-7-34-25(33)20-12-22(30-23(13-20)17-35-36(5,6)26(2,3)4)14-28-15-24-31-29-18-32(24)16-19-8-10-21(27)11-9-19/h8-13,18,28H,7,14-17H2,1-6H3. The number of esters is 1. The predicted octanol–water partition coefficient (Wildman–Crippen LogP) is 4.85. The van der Waals surface area contributed by atoms with Crippen LogP contribution < -0.4 is 5.32 Å². The summed E-state index contributed by atoms with van der Waals surface area (Å²) in [5, 5.41) is 11.6. The van der Waals surface area contributed by atoms with Crippen molar-refractivity contribution in [2.24, 2.45) is 0 Å². The zero-order valence-corrected chi connectivity index (χ0v) is 23.0. The first-order valence-corrected chi connectivity index (χ1v) is 15.0. The molecule has 2 aromatic heterocycles. The van der Waals surface area contributed by atoms with Crippen LogP contribution in [0, 0.1) is 5.82 Å². The first kappa shape index (κ1) is 27.6. The number of rotatable bonds is 11. The fourth-order valence-corrected chi connectivity index (χ4v) is 4.20. The number of benzene rings is 1. The van der Waals surface area contributed by atoms with Crippen molar-refractivity contribution < 1.29 is 18.3 Å². The zero-order valence-electron chi connectivity index (χ0n) is 22.0. The highest BCUT2D eigenvalue weighted by Crippen LogP contribution is 2.37. The third kappa shape index (κ3) is 7.52. The van der Waals surface area contributed by atoms with E-state index in [0.717, 1.165) is 11.4 Å². The Hall–Kier alpha value is -2.95. The van der Waals surface area contributed by atoms with E-state index in [4.69, 9.17) is 14.1 Å². The van der Waals surface area contributed by atoms with Crippen LogP contribution in [0.15, 0.2) is 42.7 Å². The van der Waals surface area contributed by atoms with E-state index in [1.54, 1.807) is 37.5 Å². The fourth-order valence-electron chi connectivity index (χ4n) is 3.25. The van der Waals surface area contributed by atoms with Crippen LogP contribution in [0.3, 0.4) is 0 Å². The second-order valence-electron chi connectivity index (χ2n) is 10.2. The molecule has 0 bridgehead atoms. The number of pyridine rings is 1. The molecule has 8 nitrogen and oxygen atoms in total. The van der Waals surface area contributed by atoms with Crippen molar-refractivity contribution in [2.75, 3.05) is 6.61 Å². The van der Waals surface area contributed by atoms with Crippen LogP contribution in [0.4, 0.5) is 4.39 Å². The van der Waals surface area contributed by atoms with Gasteiger partial charge in [0.1, 0.15) is 18.0 Å². The quantitative estimate of drug-likeness (QED) is 0.289. The third-order valence-corrected chi connectivity index (χ3v) is 10.9. The number of carbonyl (C=O) groups is 1. The van der Waals surface area contributed by atoms with E-state index in [1.165, 1.54) is 12.1 Å². The van der Waals surface area contributed by atoms with Crippen LogP contribution >= 0.6 is 0 Å². The van der Waals surface area contributed by atoms with E-state index >= 15 is 0 Å².